The minimum Gasteiger partial charge on any atom is -0.462 e. The molecule has 6 nitrogen and oxygen atoms in total. The first kappa shape index (κ1) is 78.8. The second kappa shape index (κ2) is 70.3. The number of ether oxygens (including phenoxy) is 3. The first-order valence-corrected chi connectivity index (χ1v) is 35.9. The molecule has 0 aromatic rings. The molecule has 0 rings (SSSR count). The lowest BCUT2D eigenvalue weighted by molar-refractivity contribution is -0.167. The lowest BCUT2D eigenvalue weighted by atomic mass is 10.0. The second-order valence-corrected chi connectivity index (χ2v) is 24.1. The zero-order valence-corrected chi connectivity index (χ0v) is 54.8. The minimum atomic E-state index is -0.773. The quantitative estimate of drug-likeness (QED) is 0.0261. The highest BCUT2D eigenvalue weighted by Gasteiger charge is 2.19. The van der Waals surface area contributed by atoms with Crippen molar-refractivity contribution in [2.24, 2.45) is 0 Å². The predicted octanol–water partition coefficient (Wildman–Crippen LogP) is 24.8. The average Bonchev–Trinajstić information content (AvgIpc) is 3.47. The fraction of sp³-hybridized carbons (Fsp3) is 0.803. The van der Waals surface area contributed by atoms with Crippen LogP contribution in [-0.4, -0.2) is 37.2 Å². The molecule has 0 saturated heterocycles. The van der Waals surface area contributed by atoms with Crippen LogP contribution in [0.4, 0.5) is 0 Å². The standard InChI is InChI=1S/C76H136O6/c1-4-7-10-13-16-19-22-25-27-29-30-31-32-33-34-35-36-37-38-39-40-41-42-43-44-45-46-48-49-51-54-57-60-63-66-69-75(78)81-72-73(71-80-74(77)68-65-62-59-56-53-24-21-18-15-12-9-6-3)82-76(79)70-67-64-61-58-55-52-50-47-28-26-23-20-17-14-11-8-5-2/h7,10,16,19,25-28,30-31,33-34,73H,4-6,8-9,11-15,17-18,20-24,29,32,35-72H2,1-3H3/b10-7-,19-16-,27-25-,28-26-,31-30-,34-33-. The van der Waals surface area contributed by atoms with E-state index in [9.17, 15) is 14.4 Å². The molecule has 0 aromatic carbocycles. The van der Waals surface area contributed by atoms with Crippen LogP contribution in [0.5, 0.6) is 0 Å². The molecule has 6 heteroatoms. The summed E-state index contributed by atoms with van der Waals surface area (Å²) in [4.78, 5) is 38.4. The zero-order chi connectivity index (χ0) is 59.2. The van der Waals surface area contributed by atoms with Gasteiger partial charge in [-0.25, -0.2) is 0 Å². The van der Waals surface area contributed by atoms with Crippen molar-refractivity contribution in [3.63, 3.8) is 0 Å². The van der Waals surface area contributed by atoms with E-state index in [1.807, 2.05) is 0 Å². The van der Waals surface area contributed by atoms with E-state index >= 15 is 0 Å². The molecule has 0 bridgehead atoms. The Hall–Kier alpha value is -3.15. The Morgan fingerprint density at radius 3 is 0.756 bits per heavy atom. The van der Waals surface area contributed by atoms with Gasteiger partial charge >= 0.3 is 17.9 Å². The van der Waals surface area contributed by atoms with Crippen LogP contribution in [0.3, 0.4) is 0 Å². The monoisotopic (exact) mass is 1150 g/mol. The second-order valence-electron chi connectivity index (χ2n) is 24.1. The SMILES string of the molecule is CC/C=C\C/C=C\C/C=C\C/C=C\C/C=C\CCCCCCCCCCCCCCCCCCCCCC(=O)OCC(COC(=O)CCCCCCCCCCCCCC)OC(=O)CCCCCCCCC/C=C\CCCCCCCC. The van der Waals surface area contributed by atoms with Gasteiger partial charge in [0.1, 0.15) is 13.2 Å². The average molecular weight is 1150 g/mol. The van der Waals surface area contributed by atoms with Crippen molar-refractivity contribution in [2.75, 3.05) is 13.2 Å². The maximum atomic E-state index is 12.9. The Morgan fingerprint density at radius 1 is 0.256 bits per heavy atom. The molecular formula is C76H136O6. The summed E-state index contributed by atoms with van der Waals surface area (Å²) in [6.45, 7) is 6.57. The molecule has 0 fully saturated rings. The molecule has 1 atom stereocenters. The number of esters is 3. The van der Waals surface area contributed by atoms with Gasteiger partial charge in [0.25, 0.3) is 0 Å². The third-order valence-electron chi connectivity index (χ3n) is 15.9. The molecule has 0 spiro atoms. The van der Waals surface area contributed by atoms with Gasteiger partial charge in [-0.15, -0.1) is 0 Å². The van der Waals surface area contributed by atoms with E-state index in [2.05, 4.69) is 93.7 Å². The van der Waals surface area contributed by atoms with Crippen molar-refractivity contribution in [1.29, 1.82) is 0 Å². The molecule has 0 radical (unpaired) electrons. The normalized spacial score (nSPS) is 12.5. The Kier molecular flexibility index (Phi) is 67.6. The highest BCUT2D eigenvalue weighted by molar-refractivity contribution is 5.71. The van der Waals surface area contributed by atoms with E-state index < -0.39 is 6.10 Å². The summed E-state index contributed by atoms with van der Waals surface area (Å²) in [6, 6.07) is 0. The molecule has 0 aliphatic heterocycles. The number of hydrogen-bond acceptors (Lipinski definition) is 6. The zero-order valence-electron chi connectivity index (χ0n) is 54.8. The molecule has 0 aliphatic rings. The molecule has 0 heterocycles. The largest absolute Gasteiger partial charge is 0.462 e. The van der Waals surface area contributed by atoms with Crippen LogP contribution in [0.1, 0.15) is 374 Å². The first-order chi connectivity index (χ1) is 40.5. The van der Waals surface area contributed by atoms with Gasteiger partial charge in [-0.1, -0.05) is 338 Å². The van der Waals surface area contributed by atoms with Crippen LogP contribution in [0.15, 0.2) is 72.9 Å². The van der Waals surface area contributed by atoms with Crippen molar-refractivity contribution < 1.29 is 28.6 Å². The van der Waals surface area contributed by atoms with Crippen LogP contribution >= 0.6 is 0 Å². The molecule has 0 amide bonds. The van der Waals surface area contributed by atoms with Gasteiger partial charge in [0, 0.05) is 19.3 Å². The maximum Gasteiger partial charge on any atom is 0.306 e. The van der Waals surface area contributed by atoms with E-state index in [0.717, 1.165) is 89.9 Å². The summed E-state index contributed by atoms with van der Waals surface area (Å²) in [5.74, 6) is -0.851. The van der Waals surface area contributed by atoms with Gasteiger partial charge < -0.3 is 14.2 Å². The van der Waals surface area contributed by atoms with E-state index in [4.69, 9.17) is 14.2 Å². The van der Waals surface area contributed by atoms with Crippen molar-refractivity contribution in [3.8, 4) is 0 Å². The summed E-state index contributed by atoms with van der Waals surface area (Å²) in [5, 5.41) is 0. The molecular weight excluding hydrogens is 1010 g/mol. The smallest absolute Gasteiger partial charge is 0.306 e. The summed E-state index contributed by atoms with van der Waals surface area (Å²) in [6.07, 6.45) is 92.3. The summed E-state index contributed by atoms with van der Waals surface area (Å²) >= 11 is 0. The van der Waals surface area contributed by atoms with Crippen LogP contribution in [0.25, 0.3) is 0 Å². The summed E-state index contributed by atoms with van der Waals surface area (Å²) < 4.78 is 17.0. The highest BCUT2D eigenvalue weighted by Crippen LogP contribution is 2.18. The van der Waals surface area contributed by atoms with Gasteiger partial charge in [-0.05, 0) is 89.9 Å². The molecule has 1 unspecified atom stereocenters. The maximum absolute atomic E-state index is 12.9. The fourth-order valence-electron chi connectivity index (χ4n) is 10.6. The molecule has 0 aromatic heterocycles. The summed E-state index contributed by atoms with van der Waals surface area (Å²) in [5.41, 5.74) is 0. The Labute approximate surface area is 510 Å². The van der Waals surface area contributed by atoms with Crippen LogP contribution in [0, 0.1) is 0 Å². The predicted molar refractivity (Wildman–Crippen MR) is 358 cm³/mol. The van der Waals surface area contributed by atoms with Gasteiger partial charge in [0.2, 0.25) is 0 Å². The Morgan fingerprint density at radius 2 is 0.476 bits per heavy atom. The minimum absolute atomic E-state index is 0.0701. The molecule has 0 N–H and O–H groups in total. The number of rotatable bonds is 66. The van der Waals surface area contributed by atoms with Crippen LogP contribution in [-0.2, 0) is 28.6 Å². The Bertz CT molecular complexity index is 1500. The van der Waals surface area contributed by atoms with Crippen molar-refractivity contribution in [2.45, 2.75) is 380 Å². The van der Waals surface area contributed by atoms with Crippen LogP contribution in [0.2, 0.25) is 0 Å². The first-order valence-electron chi connectivity index (χ1n) is 35.9. The number of allylic oxidation sites excluding steroid dienone is 12. The third kappa shape index (κ3) is 67.6. The molecule has 476 valence electrons. The number of carbonyl (C=O) groups is 3. The Balaban J connectivity index is 4.10. The van der Waals surface area contributed by atoms with E-state index in [0.29, 0.717) is 19.3 Å². The van der Waals surface area contributed by atoms with Crippen molar-refractivity contribution in [3.05, 3.63) is 72.9 Å². The van der Waals surface area contributed by atoms with Crippen LogP contribution < -0.4 is 0 Å². The van der Waals surface area contributed by atoms with Crippen molar-refractivity contribution in [1.82, 2.24) is 0 Å². The number of carbonyl (C=O) groups excluding carboxylic acids is 3. The van der Waals surface area contributed by atoms with Crippen molar-refractivity contribution >= 4 is 17.9 Å². The lowest BCUT2D eigenvalue weighted by Crippen LogP contribution is -2.30. The van der Waals surface area contributed by atoms with E-state index in [1.165, 1.54) is 244 Å². The topological polar surface area (TPSA) is 78.9 Å². The van der Waals surface area contributed by atoms with E-state index in [-0.39, 0.29) is 31.1 Å². The molecule has 0 aliphatic carbocycles. The van der Waals surface area contributed by atoms with Gasteiger partial charge in [-0.3, -0.25) is 14.4 Å². The van der Waals surface area contributed by atoms with E-state index in [1.54, 1.807) is 0 Å². The summed E-state index contributed by atoms with van der Waals surface area (Å²) in [7, 11) is 0. The molecule has 82 heavy (non-hydrogen) atoms. The fourth-order valence-corrected chi connectivity index (χ4v) is 10.6. The number of unbranched alkanes of at least 4 members (excludes halogenated alkanes) is 43. The van der Waals surface area contributed by atoms with Gasteiger partial charge in [0.05, 0.1) is 0 Å². The van der Waals surface area contributed by atoms with Gasteiger partial charge in [-0.2, -0.15) is 0 Å². The third-order valence-corrected chi connectivity index (χ3v) is 15.9. The lowest BCUT2D eigenvalue weighted by Gasteiger charge is -2.18. The van der Waals surface area contributed by atoms with Gasteiger partial charge in [0.15, 0.2) is 6.10 Å². The molecule has 0 saturated carbocycles. The number of hydrogen-bond donors (Lipinski definition) is 0. The highest BCUT2D eigenvalue weighted by atomic mass is 16.6.